The third-order valence-corrected chi connectivity index (χ3v) is 4.87. The number of carbonyl (C=O) groups excluding carboxylic acids is 2. The summed E-state index contributed by atoms with van der Waals surface area (Å²) >= 11 is 0. The number of rotatable bonds is 5. The van der Waals surface area contributed by atoms with Gasteiger partial charge < -0.3 is 4.74 Å². The molecule has 0 amide bonds. The molecule has 4 nitrogen and oxygen atoms in total. The second kappa shape index (κ2) is 6.89. The van der Waals surface area contributed by atoms with Crippen LogP contribution in [0.4, 0.5) is 0 Å². The number of Topliss-reactive ketones (excluding diaryl/α,β-unsaturated/α-hetero) is 2. The minimum atomic E-state index is -0.434. The maximum Gasteiger partial charge on any atom is 0.237 e. The van der Waals surface area contributed by atoms with Crippen molar-refractivity contribution in [3.8, 4) is 5.75 Å². The molecule has 0 N–H and O–H groups in total. The molecule has 128 valence electrons. The molecule has 24 heavy (non-hydrogen) atoms. The summed E-state index contributed by atoms with van der Waals surface area (Å²) in [5.74, 6) is -0.219. The molecule has 1 aromatic rings. The van der Waals surface area contributed by atoms with Gasteiger partial charge in [0.05, 0.1) is 5.56 Å². The molecular weight excluding hydrogens is 302 g/mol. The lowest BCUT2D eigenvalue weighted by atomic mass is 9.84. The van der Waals surface area contributed by atoms with Crippen LogP contribution >= 0.6 is 0 Å². The summed E-state index contributed by atoms with van der Waals surface area (Å²) in [6, 6.07) is 3.87. The first-order valence-corrected chi connectivity index (χ1v) is 8.78. The zero-order valence-electron chi connectivity index (χ0n) is 14.7. The highest BCUT2D eigenvalue weighted by molar-refractivity contribution is 6.52. The topological polar surface area (TPSA) is 46.6 Å². The van der Waals surface area contributed by atoms with Crippen LogP contribution in [-0.2, 0) is 4.79 Å². The van der Waals surface area contributed by atoms with Gasteiger partial charge in [0.2, 0.25) is 11.6 Å². The number of fused-ring (bicyclic) bond motifs is 1. The Kier molecular flexibility index (Phi) is 4.86. The van der Waals surface area contributed by atoms with Gasteiger partial charge in [0.1, 0.15) is 12.4 Å². The Labute approximate surface area is 143 Å². The van der Waals surface area contributed by atoms with Crippen molar-refractivity contribution in [1.82, 2.24) is 4.90 Å². The average Bonchev–Trinajstić information content (AvgIpc) is 3.06. The normalized spacial score (nSPS) is 18.1. The fraction of sp³-hybridized carbons (Fsp3) is 0.500. The van der Waals surface area contributed by atoms with E-state index in [1.807, 2.05) is 39.0 Å². The summed E-state index contributed by atoms with van der Waals surface area (Å²) in [5.41, 5.74) is 2.72. The van der Waals surface area contributed by atoms with Crippen molar-refractivity contribution in [2.24, 2.45) is 5.92 Å². The predicted octanol–water partition coefficient (Wildman–Crippen LogP) is 3.27. The van der Waals surface area contributed by atoms with Crippen molar-refractivity contribution < 1.29 is 14.3 Å². The van der Waals surface area contributed by atoms with Gasteiger partial charge in [0.15, 0.2) is 0 Å². The van der Waals surface area contributed by atoms with Gasteiger partial charge in [-0.15, -0.1) is 0 Å². The highest BCUT2D eigenvalue weighted by atomic mass is 16.5. The largest absolute Gasteiger partial charge is 0.491 e. The number of ether oxygens (including phenoxy) is 1. The molecule has 2 aliphatic rings. The first-order valence-electron chi connectivity index (χ1n) is 8.78. The minimum absolute atomic E-state index is 0.0374. The molecule has 0 radical (unpaired) electrons. The lowest BCUT2D eigenvalue weighted by Crippen LogP contribution is -2.27. The van der Waals surface area contributed by atoms with Gasteiger partial charge in [-0.05, 0) is 56.0 Å². The maximum absolute atomic E-state index is 12.6. The third kappa shape index (κ3) is 3.16. The van der Waals surface area contributed by atoms with E-state index in [0.717, 1.165) is 30.8 Å². The van der Waals surface area contributed by atoms with Crippen LogP contribution in [0.25, 0.3) is 6.08 Å². The zero-order chi connectivity index (χ0) is 17.3. The van der Waals surface area contributed by atoms with Crippen molar-refractivity contribution in [3.05, 3.63) is 34.4 Å². The number of benzene rings is 1. The van der Waals surface area contributed by atoms with Crippen molar-refractivity contribution in [2.45, 2.75) is 33.6 Å². The van der Waals surface area contributed by atoms with Gasteiger partial charge in [-0.1, -0.05) is 26.0 Å². The van der Waals surface area contributed by atoms with Crippen LogP contribution < -0.4 is 4.74 Å². The SMILES string of the molecule is Cc1ccc2c(c1OCCN1CCCC1)C(=O)C(=O)C(C(C)C)=C2. The van der Waals surface area contributed by atoms with Crippen LogP contribution in [-0.4, -0.2) is 42.7 Å². The third-order valence-electron chi connectivity index (χ3n) is 4.87. The number of ketones is 2. The van der Waals surface area contributed by atoms with Crippen LogP contribution in [0.5, 0.6) is 5.75 Å². The van der Waals surface area contributed by atoms with Gasteiger partial charge in [0, 0.05) is 12.1 Å². The Morgan fingerprint density at radius 3 is 2.50 bits per heavy atom. The number of nitrogens with zero attached hydrogens (tertiary/aromatic N) is 1. The van der Waals surface area contributed by atoms with Crippen molar-refractivity contribution >= 4 is 17.6 Å². The molecule has 0 atom stereocenters. The van der Waals surface area contributed by atoms with E-state index in [-0.39, 0.29) is 5.92 Å². The van der Waals surface area contributed by atoms with Gasteiger partial charge in [-0.2, -0.15) is 0 Å². The molecule has 1 fully saturated rings. The van der Waals surface area contributed by atoms with Crippen LogP contribution in [0.15, 0.2) is 17.7 Å². The zero-order valence-corrected chi connectivity index (χ0v) is 14.7. The maximum atomic E-state index is 12.6. The molecule has 0 saturated carbocycles. The van der Waals surface area contributed by atoms with Gasteiger partial charge in [-0.3, -0.25) is 14.5 Å². The van der Waals surface area contributed by atoms with E-state index in [0.29, 0.717) is 23.5 Å². The second-order valence-corrected chi connectivity index (χ2v) is 6.99. The van der Waals surface area contributed by atoms with Crippen LogP contribution in [0, 0.1) is 12.8 Å². The molecule has 0 unspecified atom stereocenters. The molecule has 1 heterocycles. The van der Waals surface area contributed by atoms with E-state index in [1.54, 1.807) is 0 Å². The molecule has 1 aliphatic carbocycles. The smallest absolute Gasteiger partial charge is 0.237 e. The van der Waals surface area contributed by atoms with E-state index in [1.165, 1.54) is 12.8 Å². The molecule has 4 heteroatoms. The van der Waals surface area contributed by atoms with E-state index >= 15 is 0 Å². The summed E-state index contributed by atoms with van der Waals surface area (Å²) in [4.78, 5) is 27.4. The predicted molar refractivity (Wildman–Crippen MR) is 94.5 cm³/mol. The van der Waals surface area contributed by atoms with Crippen LogP contribution in [0.1, 0.15) is 48.2 Å². The van der Waals surface area contributed by atoms with Crippen molar-refractivity contribution in [1.29, 1.82) is 0 Å². The molecular formula is C20H25NO3. The Morgan fingerprint density at radius 2 is 1.83 bits per heavy atom. The molecule has 3 rings (SSSR count). The van der Waals surface area contributed by atoms with E-state index in [2.05, 4.69) is 4.90 Å². The van der Waals surface area contributed by atoms with E-state index in [9.17, 15) is 9.59 Å². The Bertz CT molecular complexity index is 697. The van der Waals surface area contributed by atoms with Gasteiger partial charge >= 0.3 is 0 Å². The quantitative estimate of drug-likeness (QED) is 0.779. The summed E-state index contributed by atoms with van der Waals surface area (Å²) in [6.45, 7) is 9.43. The molecule has 0 spiro atoms. The number of hydrogen-bond acceptors (Lipinski definition) is 4. The first kappa shape index (κ1) is 16.9. The molecule has 1 aromatic carbocycles. The van der Waals surface area contributed by atoms with Crippen LogP contribution in [0.2, 0.25) is 0 Å². The summed E-state index contributed by atoms with van der Waals surface area (Å²) in [5, 5.41) is 0. The second-order valence-electron chi connectivity index (χ2n) is 6.99. The number of likely N-dealkylation sites (tertiary alicyclic amines) is 1. The monoisotopic (exact) mass is 327 g/mol. The highest BCUT2D eigenvalue weighted by Crippen LogP contribution is 2.34. The fourth-order valence-corrected chi connectivity index (χ4v) is 3.43. The lowest BCUT2D eigenvalue weighted by Gasteiger charge is -2.22. The van der Waals surface area contributed by atoms with Gasteiger partial charge in [0.25, 0.3) is 0 Å². The fourth-order valence-electron chi connectivity index (χ4n) is 3.43. The standard InChI is InChI=1S/C20H25NO3/c1-13(2)16-12-15-7-6-14(3)20(17(15)19(23)18(16)22)24-11-10-21-8-4-5-9-21/h6-7,12-13H,4-5,8-11H2,1-3H3. The minimum Gasteiger partial charge on any atom is -0.491 e. The van der Waals surface area contributed by atoms with Gasteiger partial charge in [-0.25, -0.2) is 0 Å². The molecule has 1 saturated heterocycles. The summed E-state index contributed by atoms with van der Waals surface area (Å²) in [7, 11) is 0. The lowest BCUT2D eigenvalue weighted by molar-refractivity contribution is -0.112. The summed E-state index contributed by atoms with van der Waals surface area (Å²) < 4.78 is 5.97. The van der Waals surface area contributed by atoms with Crippen molar-refractivity contribution in [2.75, 3.05) is 26.2 Å². The molecule has 0 bridgehead atoms. The Morgan fingerprint density at radius 1 is 1.12 bits per heavy atom. The van der Waals surface area contributed by atoms with E-state index in [4.69, 9.17) is 4.74 Å². The number of aryl methyl sites for hydroxylation is 1. The summed E-state index contributed by atoms with van der Waals surface area (Å²) in [6.07, 6.45) is 4.33. The number of hydrogen-bond donors (Lipinski definition) is 0. The van der Waals surface area contributed by atoms with Crippen LogP contribution in [0.3, 0.4) is 0 Å². The molecule has 1 aliphatic heterocycles. The average molecular weight is 327 g/mol. The number of allylic oxidation sites excluding steroid dienone is 1. The first-order chi connectivity index (χ1) is 11.5. The number of carbonyl (C=O) groups is 2. The Balaban J connectivity index is 1.87. The highest BCUT2D eigenvalue weighted by Gasteiger charge is 2.32. The van der Waals surface area contributed by atoms with Crippen molar-refractivity contribution in [3.63, 3.8) is 0 Å². The Hall–Kier alpha value is -1.94. The van der Waals surface area contributed by atoms with E-state index < -0.39 is 11.6 Å². The molecule has 0 aromatic heterocycles.